The highest BCUT2D eigenvalue weighted by Gasteiger charge is 2.45. The van der Waals surface area contributed by atoms with Crippen LogP contribution in [0.25, 0.3) is 11.2 Å². The van der Waals surface area contributed by atoms with Crippen molar-refractivity contribution < 1.29 is 33.8 Å². The van der Waals surface area contributed by atoms with Crippen molar-refractivity contribution in [2.24, 2.45) is 0 Å². The molecule has 1 fully saturated rings. The Morgan fingerprint density at radius 3 is 2.66 bits per heavy atom. The van der Waals surface area contributed by atoms with Crippen LogP contribution in [0.5, 0.6) is 0 Å². The first-order valence-electron chi connectivity index (χ1n) is 8.15. The molecule has 0 unspecified atom stereocenters. The Morgan fingerprint density at radius 1 is 1.28 bits per heavy atom. The van der Waals surface area contributed by atoms with Crippen molar-refractivity contribution >= 4 is 36.8 Å². The molecule has 1 saturated heterocycles. The van der Waals surface area contributed by atoms with E-state index in [1.165, 1.54) is 17.2 Å². The summed E-state index contributed by atoms with van der Waals surface area (Å²) in [6.07, 6.45) is 3.35. The van der Waals surface area contributed by atoms with E-state index in [2.05, 4.69) is 24.2 Å². The first-order valence-corrected chi connectivity index (χ1v) is 10.6. The van der Waals surface area contributed by atoms with Crippen molar-refractivity contribution in [1.82, 2.24) is 24.2 Å². The lowest BCUT2D eigenvalue weighted by Gasteiger charge is -2.16. The largest absolute Gasteiger partial charge is 0.469 e. The lowest BCUT2D eigenvalue weighted by molar-refractivity contribution is -0.0504. The standard InChI is InChI=1S/C10H14N5O7P.C4H5NS/c11-8-5-9(13-2-12-8)15(3-14-5)10-7(17)6(16)4(22-10)1-21-23(18,19)20;1-2-4-6-5-3-1/h2-4,6-7,10,16-17H,1H2,(H2,11,12,13)(H2,18,19,20);1-5H/t4-,6-,7-,10-;/m1./s1. The number of hydrogen-bond acceptors (Lipinski definition) is 11. The van der Waals surface area contributed by atoms with E-state index in [0.717, 1.165) is 0 Å². The number of aliphatic hydroxyl groups excluding tert-OH is 2. The van der Waals surface area contributed by atoms with Crippen molar-refractivity contribution in [1.29, 1.82) is 0 Å². The van der Waals surface area contributed by atoms with Crippen LogP contribution in [0.4, 0.5) is 5.82 Å². The van der Waals surface area contributed by atoms with Crippen molar-refractivity contribution in [3.05, 3.63) is 36.4 Å². The summed E-state index contributed by atoms with van der Waals surface area (Å²) in [6, 6.07) is 0. The number of nitrogens with one attached hydrogen (secondary N) is 1. The molecule has 15 heteroatoms. The number of phosphoric acid groups is 1. The molecule has 4 atom stereocenters. The number of allylic oxidation sites excluding steroid dienone is 2. The Bertz CT molecular complexity index is 938. The second-order valence-electron chi connectivity index (χ2n) is 5.84. The average Bonchev–Trinajstić information content (AvgIpc) is 3.24. The molecule has 0 bridgehead atoms. The second-order valence-corrected chi connectivity index (χ2v) is 7.82. The molecule has 29 heavy (non-hydrogen) atoms. The van der Waals surface area contributed by atoms with Crippen molar-refractivity contribution in [3.63, 3.8) is 0 Å². The number of aliphatic hydroxyl groups is 2. The van der Waals surface area contributed by atoms with E-state index in [4.69, 9.17) is 20.3 Å². The number of ether oxygens (including phenoxy) is 1. The van der Waals surface area contributed by atoms with Crippen LogP contribution in [0, 0.1) is 0 Å². The summed E-state index contributed by atoms with van der Waals surface area (Å²) in [5.41, 5.74) is 6.25. The van der Waals surface area contributed by atoms with E-state index >= 15 is 0 Å². The fourth-order valence-corrected chi connectivity index (χ4v) is 3.33. The second kappa shape index (κ2) is 9.19. The number of rotatable bonds is 4. The third-order valence-electron chi connectivity index (χ3n) is 3.90. The van der Waals surface area contributed by atoms with Crippen molar-refractivity contribution in [3.8, 4) is 0 Å². The van der Waals surface area contributed by atoms with Gasteiger partial charge in [0.1, 0.15) is 30.2 Å². The van der Waals surface area contributed by atoms with Gasteiger partial charge in [0.15, 0.2) is 17.7 Å². The zero-order chi connectivity index (χ0) is 21.0. The summed E-state index contributed by atoms with van der Waals surface area (Å²) in [5, 5.41) is 22.0. The van der Waals surface area contributed by atoms with Gasteiger partial charge in [-0.2, -0.15) is 0 Å². The summed E-state index contributed by atoms with van der Waals surface area (Å²) in [4.78, 5) is 29.2. The van der Waals surface area contributed by atoms with Crippen LogP contribution in [-0.4, -0.2) is 64.4 Å². The fourth-order valence-electron chi connectivity index (χ4n) is 2.58. The summed E-state index contributed by atoms with van der Waals surface area (Å²) in [5.74, 6) is 0.142. The van der Waals surface area contributed by atoms with E-state index in [9.17, 15) is 14.8 Å². The number of fused-ring (bicyclic) bond motifs is 1. The lowest BCUT2D eigenvalue weighted by Crippen LogP contribution is -2.33. The fraction of sp³-hybridized carbons (Fsp3) is 0.357. The molecule has 2 aromatic rings. The molecular weight excluding hydrogens is 427 g/mol. The molecule has 0 amide bonds. The van der Waals surface area contributed by atoms with Gasteiger partial charge < -0.3 is 35.2 Å². The number of phosphoric ester groups is 1. The first kappa shape index (κ1) is 21.7. The molecule has 158 valence electrons. The highest BCUT2D eigenvalue weighted by Crippen LogP contribution is 2.38. The molecule has 0 radical (unpaired) electrons. The molecule has 0 aliphatic carbocycles. The predicted molar refractivity (Wildman–Crippen MR) is 103 cm³/mol. The van der Waals surface area contributed by atoms with Gasteiger partial charge in [0.2, 0.25) is 0 Å². The van der Waals surface area contributed by atoms with Gasteiger partial charge in [0.25, 0.3) is 0 Å². The number of hydrogen-bond donors (Lipinski definition) is 6. The maximum absolute atomic E-state index is 10.7. The summed E-state index contributed by atoms with van der Waals surface area (Å²) in [7, 11) is -4.72. The van der Waals surface area contributed by atoms with Gasteiger partial charge in [0, 0.05) is 6.20 Å². The van der Waals surface area contributed by atoms with Crippen molar-refractivity contribution in [2.75, 3.05) is 12.3 Å². The SMILES string of the molecule is C1=CNSC=C1.Nc1ncnc2c1ncn2[C@@H]1O[C@H](COP(=O)(O)O)[C@@H](O)[C@H]1O. The average molecular weight is 446 g/mol. The molecule has 4 rings (SSSR count). The third-order valence-corrected chi connectivity index (χ3v) is 4.95. The predicted octanol–water partition coefficient (Wildman–Crippen LogP) is -0.598. The highest BCUT2D eigenvalue weighted by molar-refractivity contribution is 8.00. The summed E-state index contributed by atoms with van der Waals surface area (Å²) in [6.45, 7) is -0.594. The van der Waals surface area contributed by atoms with Crippen LogP contribution in [0.15, 0.2) is 36.4 Å². The van der Waals surface area contributed by atoms with E-state index < -0.39 is 39.0 Å². The quantitative estimate of drug-likeness (QED) is 0.257. The molecule has 2 aliphatic rings. The Morgan fingerprint density at radius 2 is 2.07 bits per heavy atom. The molecule has 2 aromatic heterocycles. The van der Waals surface area contributed by atoms with Gasteiger partial charge in [-0.25, -0.2) is 19.5 Å². The van der Waals surface area contributed by atoms with Gasteiger partial charge in [0.05, 0.1) is 12.9 Å². The van der Waals surface area contributed by atoms with Gasteiger partial charge in [-0.3, -0.25) is 9.09 Å². The van der Waals surface area contributed by atoms with Crippen molar-refractivity contribution in [2.45, 2.75) is 24.5 Å². The molecule has 7 N–H and O–H groups in total. The smallest absolute Gasteiger partial charge is 0.387 e. The molecule has 0 spiro atoms. The maximum Gasteiger partial charge on any atom is 0.469 e. The van der Waals surface area contributed by atoms with E-state index in [-0.39, 0.29) is 11.5 Å². The normalized spacial score (nSPS) is 26.2. The number of nitrogen functional groups attached to an aromatic ring is 1. The van der Waals surface area contributed by atoms with Crippen LogP contribution in [0.1, 0.15) is 6.23 Å². The minimum Gasteiger partial charge on any atom is -0.387 e. The Kier molecular flexibility index (Phi) is 6.87. The van der Waals surface area contributed by atoms with E-state index in [1.54, 1.807) is 11.9 Å². The molecule has 4 heterocycles. The zero-order valence-electron chi connectivity index (χ0n) is 14.7. The Labute approximate surface area is 168 Å². The third kappa shape index (κ3) is 5.32. The Hall–Kier alpha value is -2.03. The Balaban J connectivity index is 0.000000343. The molecule has 2 aliphatic heterocycles. The van der Waals surface area contributed by atoms with Crippen LogP contribution < -0.4 is 10.5 Å². The highest BCUT2D eigenvalue weighted by atomic mass is 32.2. The lowest BCUT2D eigenvalue weighted by atomic mass is 10.1. The van der Waals surface area contributed by atoms with Crippen LogP contribution in [0.3, 0.4) is 0 Å². The number of imidazole rings is 1. The number of nitrogens with zero attached hydrogens (tertiary/aromatic N) is 4. The first-order chi connectivity index (χ1) is 13.8. The van der Waals surface area contributed by atoms with Gasteiger partial charge in [-0.05, 0) is 23.4 Å². The van der Waals surface area contributed by atoms with Gasteiger partial charge in [-0.1, -0.05) is 6.08 Å². The minimum absolute atomic E-state index is 0.142. The number of aromatic nitrogens is 4. The molecule has 0 aromatic carbocycles. The maximum atomic E-state index is 10.7. The van der Waals surface area contributed by atoms with E-state index in [1.807, 2.05) is 23.8 Å². The van der Waals surface area contributed by atoms with Crippen LogP contribution >= 0.6 is 19.8 Å². The molecular formula is C14H19N6O7PS. The monoisotopic (exact) mass is 446 g/mol. The number of anilines is 1. The zero-order valence-corrected chi connectivity index (χ0v) is 16.4. The van der Waals surface area contributed by atoms with Crippen LogP contribution in [0.2, 0.25) is 0 Å². The minimum atomic E-state index is -4.72. The van der Waals surface area contributed by atoms with E-state index in [0.29, 0.717) is 5.52 Å². The molecule has 13 nitrogen and oxygen atoms in total. The summed E-state index contributed by atoms with van der Waals surface area (Å²) >= 11 is 1.58. The van der Waals surface area contributed by atoms with Gasteiger partial charge in [-0.15, -0.1) is 0 Å². The van der Waals surface area contributed by atoms with Gasteiger partial charge >= 0.3 is 7.82 Å². The number of nitrogens with two attached hydrogens (primary N) is 1. The molecule has 0 saturated carbocycles. The summed E-state index contributed by atoms with van der Waals surface area (Å²) < 4.78 is 24.7. The van der Waals surface area contributed by atoms with Crippen LogP contribution in [-0.2, 0) is 13.8 Å². The topological polar surface area (TPSA) is 198 Å².